The normalized spacial score (nSPS) is 19.3. The van der Waals surface area contributed by atoms with Crippen LogP contribution in [0.3, 0.4) is 0 Å². The summed E-state index contributed by atoms with van der Waals surface area (Å²) in [5.74, 6) is 0.0464. The van der Waals surface area contributed by atoms with E-state index in [9.17, 15) is 4.79 Å². The van der Waals surface area contributed by atoms with Gasteiger partial charge in [0.15, 0.2) is 0 Å². The van der Waals surface area contributed by atoms with Crippen LogP contribution >= 0.6 is 0 Å². The Hall–Kier alpha value is -1.36. The molecule has 0 aromatic carbocycles. The van der Waals surface area contributed by atoms with Crippen molar-refractivity contribution in [2.45, 2.75) is 50.6 Å². The van der Waals surface area contributed by atoms with Crippen LogP contribution in [0.4, 0.5) is 0 Å². The summed E-state index contributed by atoms with van der Waals surface area (Å²) >= 11 is 0. The summed E-state index contributed by atoms with van der Waals surface area (Å²) in [6, 6.07) is 1.61. The predicted molar refractivity (Wildman–Crippen MR) is 72.8 cm³/mol. The average molecular weight is 265 g/mol. The van der Waals surface area contributed by atoms with E-state index in [-0.39, 0.29) is 17.5 Å². The Kier molecular flexibility index (Phi) is 4.58. The zero-order valence-electron chi connectivity index (χ0n) is 11.8. The van der Waals surface area contributed by atoms with E-state index in [0.717, 1.165) is 32.1 Å². The molecule has 2 rings (SSSR count). The Morgan fingerprint density at radius 3 is 2.79 bits per heavy atom. The highest BCUT2D eigenvalue weighted by Crippen LogP contribution is 2.30. The molecule has 0 aliphatic heterocycles. The maximum Gasteiger partial charge on any atom is 0.245 e. The lowest BCUT2D eigenvalue weighted by Crippen LogP contribution is -2.51. The molecule has 19 heavy (non-hydrogen) atoms. The third kappa shape index (κ3) is 3.15. The number of amides is 1. The number of methoxy groups -OCH3 is 1. The zero-order chi connectivity index (χ0) is 13.7. The molecular formula is C14H23N3O2. The number of nitrogens with zero attached hydrogens (tertiary/aromatic N) is 2. The van der Waals surface area contributed by atoms with E-state index in [1.54, 1.807) is 18.0 Å². The highest BCUT2D eigenvalue weighted by molar-refractivity contribution is 5.81. The zero-order valence-corrected chi connectivity index (χ0v) is 11.8. The topological polar surface area (TPSA) is 56.1 Å². The second-order valence-corrected chi connectivity index (χ2v) is 5.32. The van der Waals surface area contributed by atoms with Crippen molar-refractivity contribution in [2.75, 3.05) is 13.7 Å². The number of hydrogen-bond acceptors (Lipinski definition) is 3. The molecule has 1 aromatic heterocycles. The molecular weight excluding hydrogens is 242 g/mol. The van der Waals surface area contributed by atoms with E-state index >= 15 is 0 Å². The largest absolute Gasteiger partial charge is 0.382 e. The number of hydrogen-bond donors (Lipinski definition) is 1. The lowest BCUT2D eigenvalue weighted by atomic mass is 9.98. The number of carbonyl (C=O) groups is 1. The highest BCUT2D eigenvalue weighted by Gasteiger charge is 2.37. The van der Waals surface area contributed by atoms with Crippen molar-refractivity contribution < 1.29 is 9.53 Å². The van der Waals surface area contributed by atoms with Gasteiger partial charge in [0, 0.05) is 19.5 Å². The van der Waals surface area contributed by atoms with E-state index in [1.807, 2.05) is 19.2 Å². The van der Waals surface area contributed by atoms with Gasteiger partial charge in [0.1, 0.15) is 6.04 Å². The molecule has 1 saturated carbocycles. The minimum absolute atomic E-state index is 0.0464. The van der Waals surface area contributed by atoms with Gasteiger partial charge in [-0.25, -0.2) is 0 Å². The number of nitrogens with one attached hydrogen (secondary N) is 1. The Bertz CT molecular complexity index is 397. The molecule has 1 atom stereocenters. The van der Waals surface area contributed by atoms with Crippen molar-refractivity contribution in [1.29, 1.82) is 0 Å². The molecule has 1 N–H and O–H groups in total. The molecule has 5 heteroatoms. The van der Waals surface area contributed by atoms with Crippen molar-refractivity contribution in [3.63, 3.8) is 0 Å². The van der Waals surface area contributed by atoms with Crippen LogP contribution in [-0.2, 0) is 9.53 Å². The second kappa shape index (κ2) is 6.19. The second-order valence-electron chi connectivity index (χ2n) is 5.32. The lowest BCUT2D eigenvalue weighted by molar-refractivity contribution is -0.127. The number of carbonyl (C=O) groups excluding carboxylic acids is 1. The van der Waals surface area contributed by atoms with Gasteiger partial charge in [0.05, 0.1) is 12.1 Å². The van der Waals surface area contributed by atoms with Gasteiger partial charge in [-0.1, -0.05) is 19.8 Å². The lowest BCUT2D eigenvalue weighted by Gasteiger charge is -2.31. The standard InChI is InChI=1S/C14H23N3O2/c1-3-12(17-10-6-9-15-17)13(18)16-14(11-19-2)7-4-5-8-14/h6,9-10,12H,3-5,7-8,11H2,1-2H3,(H,16,18)/t12-/m1/s1. The SMILES string of the molecule is CC[C@H](C(=O)NC1(COC)CCCC1)n1cccn1. The molecule has 0 radical (unpaired) electrons. The van der Waals surface area contributed by atoms with Crippen LogP contribution < -0.4 is 5.32 Å². The molecule has 0 spiro atoms. The summed E-state index contributed by atoms with van der Waals surface area (Å²) in [6.07, 6.45) is 8.59. The third-order valence-electron chi connectivity index (χ3n) is 3.90. The number of rotatable bonds is 6. The predicted octanol–water partition coefficient (Wildman–Crippen LogP) is 1.91. The van der Waals surface area contributed by atoms with Gasteiger partial charge in [-0.2, -0.15) is 5.10 Å². The summed E-state index contributed by atoms with van der Waals surface area (Å²) in [7, 11) is 1.69. The van der Waals surface area contributed by atoms with Crippen LogP contribution in [-0.4, -0.2) is 34.9 Å². The summed E-state index contributed by atoms with van der Waals surface area (Å²) < 4.78 is 7.02. The van der Waals surface area contributed by atoms with Gasteiger partial charge in [-0.05, 0) is 25.3 Å². The molecule has 1 aromatic rings. The Balaban J connectivity index is 2.06. The number of aromatic nitrogens is 2. The van der Waals surface area contributed by atoms with Crippen LogP contribution in [0.25, 0.3) is 0 Å². The molecule has 5 nitrogen and oxygen atoms in total. The van der Waals surface area contributed by atoms with Gasteiger partial charge >= 0.3 is 0 Å². The van der Waals surface area contributed by atoms with Gasteiger partial charge in [0.2, 0.25) is 5.91 Å². The van der Waals surface area contributed by atoms with Crippen LogP contribution in [0.1, 0.15) is 45.1 Å². The maximum absolute atomic E-state index is 12.5. The first kappa shape index (κ1) is 14.1. The Labute approximate surface area is 114 Å². The van der Waals surface area contributed by atoms with Gasteiger partial charge in [-0.3, -0.25) is 9.48 Å². The van der Waals surface area contributed by atoms with Crippen LogP contribution in [0.5, 0.6) is 0 Å². The average Bonchev–Trinajstić information content (AvgIpc) is 3.03. The van der Waals surface area contributed by atoms with Crippen LogP contribution in [0, 0.1) is 0 Å². The van der Waals surface area contributed by atoms with Gasteiger partial charge in [-0.15, -0.1) is 0 Å². The first-order chi connectivity index (χ1) is 9.21. The van der Waals surface area contributed by atoms with Gasteiger partial charge in [0.25, 0.3) is 0 Å². The van der Waals surface area contributed by atoms with E-state index in [4.69, 9.17) is 4.74 Å². The van der Waals surface area contributed by atoms with Crippen molar-refractivity contribution >= 4 is 5.91 Å². The molecule has 1 amide bonds. The molecule has 1 aliphatic carbocycles. The van der Waals surface area contributed by atoms with Crippen LogP contribution in [0.2, 0.25) is 0 Å². The van der Waals surface area contributed by atoms with E-state index < -0.39 is 0 Å². The summed E-state index contributed by atoms with van der Waals surface area (Å²) in [6.45, 7) is 2.60. The molecule has 0 bridgehead atoms. The monoisotopic (exact) mass is 265 g/mol. The van der Waals surface area contributed by atoms with Crippen LogP contribution in [0.15, 0.2) is 18.5 Å². The Morgan fingerprint density at radius 1 is 1.53 bits per heavy atom. The molecule has 0 unspecified atom stereocenters. The maximum atomic E-state index is 12.5. The fourth-order valence-corrected chi connectivity index (χ4v) is 2.94. The highest BCUT2D eigenvalue weighted by atomic mass is 16.5. The number of ether oxygens (including phenoxy) is 1. The van der Waals surface area contributed by atoms with Crippen molar-refractivity contribution in [2.24, 2.45) is 0 Å². The minimum atomic E-state index is -0.232. The Morgan fingerprint density at radius 2 is 2.26 bits per heavy atom. The van der Waals surface area contributed by atoms with E-state index in [2.05, 4.69) is 10.4 Å². The molecule has 0 saturated heterocycles. The molecule has 1 heterocycles. The van der Waals surface area contributed by atoms with E-state index in [0.29, 0.717) is 6.61 Å². The summed E-state index contributed by atoms with van der Waals surface area (Å²) in [5.41, 5.74) is -0.174. The van der Waals surface area contributed by atoms with Crippen molar-refractivity contribution in [3.05, 3.63) is 18.5 Å². The first-order valence-electron chi connectivity index (χ1n) is 7.01. The van der Waals surface area contributed by atoms with Crippen molar-refractivity contribution in [3.8, 4) is 0 Å². The summed E-state index contributed by atoms with van der Waals surface area (Å²) in [4.78, 5) is 12.5. The van der Waals surface area contributed by atoms with E-state index in [1.165, 1.54) is 0 Å². The fourth-order valence-electron chi connectivity index (χ4n) is 2.94. The molecule has 1 aliphatic rings. The molecule has 1 fully saturated rings. The molecule has 106 valence electrons. The van der Waals surface area contributed by atoms with Crippen molar-refractivity contribution in [1.82, 2.24) is 15.1 Å². The minimum Gasteiger partial charge on any atom is -0.382 e. The first-order valence-corrected chi connectivity index (χ1v) is 7.01. The smallest absolute Gasteiger partial charge is 0.245 e. The third-order valence-corrected chi connectivity index (χ3v) is 3.90. The van der Waals surface area contributed by atoms with Gasteiger partial charge < -0.3 is 10.1 Å². The fraction of sp³-hybridized carbons (Fsp3) is 0.714. The summed E-state index contributed by atoms with van der Waals surface area (Å²) in [5, 5.41) is 7.38. The quantitative estimate of drug-likeness (QED) is 0.855.